The van der Waals surface area contributed by atoms with Gasteiger partial charge >= 0.3 is 0 Å². The van der Waals surface area contributed by atoms with Gasteiger partial charge in [-0.05, 0) is 43.5 Å². The normalized spacial score (nSPS) is 17.9. The summed E-state index contributed by atoms with van der Waals surface area (Å²) in [4.78, 5) is 2.35. The number of rotatable bonds is 5. The van der Waals surface area contributed by atoms with Crippen molar-refractivity contribution in [2.75, 3.05) is 26.2 Å². The van der Waals surface area contributed by atoms with Gasteiger partial charge in [-0.25, -0.2) is 4.39 Å². The first-order valence-electron chi connectivity index (χ1n) is 6.53. The molecule has 1 aromatic rings. The molecule has 1 aromatic carbocycles. The average molecular weight is 253 g/mol. The SMILES string of the molecule is OC1CCN(CCCOc2ccc(F)cc2)CC1. The number of hydrogen-bond donors (Lipinski definition) is 1. The number of halogens is 1. The zero-order valence-electron chi connectivity index (χ0n) is 10.5. The molecule has 0 spiro atoms. The van der Waals surface area contributed by atoms with Crippen LogP contribution in [-0.2, 0) is 0 Å². The molecule has 0 unspecified atom stereocenters. The Morgan fingerprint density at radius 2 is 1.89 bits per heavy atom. The van der Waals surface area contributed by atoms with Gasteiger partial charge in [-0.3, -0.25) is 0 Å². The minimum Gasteiger partial charge on any atom is -0.494 e. The molecule has 0 bridgehead atoms. The van der Waals surface area contributed by atoms with E-state index in [1.54, 1.807) is 12.1 Å². The van der Waals surface area contributed by atoms with E-state index in [9.17, 15) is 9.50 Å². The third kappa shape index (κ3) is 4.27. The van der Waals surface area contributed by atoms with Gasteiger partial charge in [0.25, 0.3) is 0 Å². The number of ether oxygens (including phenoxy) is 1. The molecule has 4 heteroatoms. The number of hydrogen-bond acceptors (Lipinski definition) is 3. The van der Waals surface area contributed by atoms with Crippen LogP contribution in [0.1, 0.15) is 19.3 Å². The maximum absolute atomic E-state index is 12.7. The van der Waals surface area contributed by atoms with E-state index in [0.29, 0.717) is 12.4 Å². The smallest absolute Gasteiger partial charge is 0.123 e. The molecule has 0 aliphatic carbocycles. The Bertz CT molecular complexity index is 347. The first-order chi connectivity index (χ1) is 8.74. The van der Waals surface area contributed by atoms with Crippen molar-refractivity contribution in [3.8, 4) is 5.75 Å². The first kappa shape index (κ1) is 13.3. The molecule has 18 heavy (non-hydrogen) atoms. The van der Waals surface area contributed by atoms with Gasteiger partial charge in [0.1, 0.15) is 11.6 Å². The molecule has 1 heterocycles. The highest BCUT2D eigenvalue weighted by Crippen LogP contribution is 2.12. The molecule has 3 nitrogen and oxygen atoms in total. The number of aliphatic hydroxyl groups excluding tert-OH is 1. The van der Waals surface area contributed by atoms with Gasteiger partial charge in [-0.2, -0.15) is 0 Å². The second kappa shape index (κ2) is 6.71. The molecule has 0 amide bonds. The minimum absolute atomic E-state index is 0.114. The molecule has 1 saturated heterocycles. The Morgan fingerprint density at radius 1 is 1.22 bits per heavy atom. The highest BCUT2D eigenvalue weighted by molar-refractivity contribution is 5.21. The molecule has 0 radical (unpaired) electrons. The molecule has 2 rings (SSSR count). The van der Waals surface area contributed by atoms with E-state index in [-0.39, 0.29) is 11.9 Å². The van der Waals surface area contributed by atoms with Crippen LogP contribution in [0, 0.1) is 5.82 Å². The highest BCUT2D eigenvalue weighted by Gasteiger charge is 2.15. The van der Waals surface area contributed by atoms with Crippen molar-refractivity contribution in [3.05, 3.63) is 30.1 Å². The van der Waals surface area contributed by atoms with E-state index in [4.69, 9.17) is 4.74 Å². The van der Waals surface area contributed by atoms with Gasteiger partial charge in [0.15, 0.2) is 0 Å². The van der Waals surface area contributed by atoms with Crippen LogP contribution in [0.3, 0.4) is 0 Å². The quantitative estimate of drug-likeness (QED) is 0.815. The minimum atomic E-state index is -0.241. The van der Waals surface area contributed by atoms with E-state index in [0.717, 1.165) is 38.9 Å². The molecular formula is C14H20FNO2. The van der Waals surface area contributed by atoms with E-state index >= 15 is 0 Å². The fraction of sp³-hybridized carbons (Fsp3) is 0.571. The predicted molar refractivity (Wildman–Crippen MR) is 68.2 cm³/mol. The largest absolute Gasteiger partial charge is 0.494 e. The van der Waals surface area contributed by atoms with Crippen LogP contribution < -0.4 is 4.74 Å². The lowest BCUT2D eigenvalue weighted by Gasteiger charge is -2.29. The lowest BCUT2D eigenvalue weighted by molar-refractivity contribution is 0.0800. The lowest BCUT2D eigenvalue weighted by atomic mass is 10.1. The molecule has 0 saturated carbocycles. The standard InChI is InChI=1S/C14H20FNO2/c15-12-2-4-14(5-3-12)18-11-1-8-16-9-6-13(17)7-10-16/h2-5,13,17H,1,6-11H2. The van der Waals surface area contributed by atoms with Crippen LogP contribution in [0.25, 0.3) is 0 Å². The van der Waals surface area contributed by atoms with Crippen molar-refractivity contribution in [2.24, 2.45) is 0 Å². The van der Waals surface area contributed by atoms with E-state index in [2.05, 4.69) is 4.90 Å². The second-order valence-corrected chi connectivity index (χ2v) is 4.73. The molecular weight excluding hydrogens is 233 g/mol. The molecule has 1 N–H and O–H groups in total. The zero-order chi connectivity index (χ0) is 12.8. The summed E-state index contributed by atoms with van der Waals surface area (Å²) >= 11 is 0. The molecule has 0 atom stereocenters. The molecule has 0 aromatic heterocycles. The lowest BCUT2D eigenvalue weighted by Crippen LogP contribution is -2.36. The number of piperidine rings is 1. The molecule has 100 valence electrons. The summed E-state index contributed by atoms with van der Waals surface area (Å²) in [5.41, 5.74) is 0. The van der Waals surface area contributed by atoms with Gasteiger partial charge in [0, 0.05) is 19.6 Å². The van der Waals surface area contributed by atoms with Crippen LogP contribution in [-0.4, -0.2) is 42.4 Å². The third-order valence-corrected chi connectivity index (χ3v) is 3.26. The van der Waals surface area contributed by atoms with E-state index in [1.807, 2.05) is 0 Å². The predicted octanol–water partition coefficient (Wildman–Crippen LogP) is 2.05. The number of likely N-dealkylation sites (tertiary alicyclic amines) is 1. The summed E-state index contributed by atoms with van der Waals surface area (Å²) < 4.78 is 18.2. The summed E-state index contributed by atoms with van der Waals surface area (Å²) in [6.45, 7) is 3.58. The van der Waals surface area contributed by atoms with Crippen LogP contribution in [0.4, 0.5) is 4.39 Å². The summed E-state index contributed by atoms with van der Waals surface area (Å²) in [6, 6.07) is 6.10. The Labute approximate surface area is 107 Å². The maximum atomic E-state index is 12.7. The van der Waals surface area contributed by atoms with Crippen molar-refractivity contribution in [1.82, 2.24) is 4.90 Å². The van der Waals surface area contributed by atoms with Gasteiger partial charge in [0.2, 0.25) is 0 Å². The molecule has 1 fully saturated rings. The topological polar surface area (TPSA) is 32.7 Å². The third-order valence-electron chi connectivity index (χ3n) is 3.26. The van der Waals surface area contributed by atoms with Gasteiger partial charge < -0.3 is 14.7 Å². The van der Waals surface area contributed by atoms with Crippen LogP contribution in [0.5, 0.6) is 5.75 Å². The van der Waals surface area contributed by atoms with Crippen molar-refractivity contribution in [1.29, 1.82) is 0 Å². The van der Waals surface area contributed by atoms with Crippen molar-refractivity contribution in [2.45, 2.75) is 25.4 Å². The number of benzene rings is 1. The maximum Gasteiger partial charge on any atom is 0.123 e. The Morgan fingerprint density at radius 3 is 2.56 bits per heavy atom. The Kier molecular flexibility index (Phi) is 4.96. The zero-order valence-corrected chi connectivity index (χ0v) is 10.5. The fourth-order valence-electron chi connectivity index (χ4n) is 2.15. The fourth-order valence-corrected chi connectivity index (χ4v) is 2.15. The Balaban J connectivity index is 1.60. The van der Waals surface area contributed by atoms with Crippen LogP contribution in [0.15, 0.2) is 24.3 Å². The van der Waals surface area contributed by atoms with Gasteiger partial charge in [-0.15, -0.1) is 0 Å². The summed E-state index contributed by atoms with van der Waals surface area (Å²) in [6.07, 6.45) is 2.59. The van der Waals surface area contributed by atoms with Crippen molar-refractivity contribution in [3.63, 3.8) is 0 Å². The van der Waals surface area contributed by atoms with E-state index < -0.39 is 0 Å². The molecule has 1 aliphatic heterocycles. The van der Waals surface area contributed by atoms with Crippen LogP contribution in [0.2, 0.25) is 0 Å². The average Bonchev–Trinajstić information content (AvgIpc) is 2.39. The van der Waals surface area contributed by atoms with Crippen molar-refractivity contribution >= 4 is 0 Å². The summed E-state index contributed by atoms with van der Waals surface area (Å²) in [5, 5.41) is 9.39. The number of nitrogens with zero attached hydrogens (tertiary/aromatic N) is 1. The van der Waals surface area contributed by atoms with Gasteiger partial charge in [-0.1, -0.05) is 0 Å². The number of aliphatic hydroxyl groups is 1. The van der Waals surface area contributed by atoms with Crippen LogP contribution >= 0.6 is 0 Å². The summed E-state index contributed by atoms with van der Waals surface area (Å²) in [5.74, 6) is 0.472. The second-order valence-electron chi connectivity index (χ2n) is 4.73. The van der Waals surface area contributed by atoms with Crippen molar-refractivity contribution < 1.29 is 14.2 Å². The van der Waals surface area contributed by atoms with E-state index in [1.165, 1.54) is 12.1 Å². The Hall–Kier alpha value is -1.13. The molecule has 1 aliphatic rings. The highest BCUT2D eigenvalue weighted by atomic mass is 19.1. The van der Waals surface area contributed by atoms with Gasteiger partial charge in [0.05, 0.1) is 12.7 Å². The first-order valence-corrected chi connectivity index (χ1v) is 6.53. The summed E-state index contributed by atoms with van der Waals surface area (Å²) in [7, 11) is 0. The monoisotopic (exact) mass is 253 g/mol.